The number of nitriles is 1. The molecule has 1 aromatic rings. The average molecular weight is 333 g/mol. The maximum absolute atomic E-state index is 9.38. The summed E-state index contributed by atoms with van der Waals surface area (Å²) in [5, 5.41) is 13.1. The lowest BCUT2D eigenvalue weighted by atomic mass is 9.68. The molecule has 0 amide bonds. The van der Waals surface area contributed by atoms with Crippen LogP contribution in [0.15, 0.2) is 22.7 Å². The number of nitrogens with one attached hydrogen (secondary N) is 1. The first-order valence-corrected chi connectivity index (χ1v) is 8.13. The van der Waals surface area contributed by atoms with Gasteiger partial charge < -0.3 is 5.32 Å². The van der Waals surface area contributed by atoms with E-state index < -0.39 is 0 Å². The van der Waals surface area contributed by atoms with Crippen molar-refractivity contribution in [3.05, 3.63) is 28.2 Å². The van der Waals surface area contributed by atoms with Crippen LogP contribution >= 0.6 is 15.9 Å². The van der Waals surface area contributed by atoms with Crippen LogP contribution in [0.3, 0.4) is 0 Å². The second-order valence-electron chi connectivity index (χ2n) is 7.27. The van der Waals surface area contributed by atoms with Crippen molar-refractivity contribution < 1.29 is 0 Å². The van der Waals surface area contributed by atoms with Gasteiger partial charge in [0.05, 0.1) is 11.3 Å². The molecule has 1 aromatic carbocycles. The molecule has 2 aliphatic rings. The van der Waals surface area contributed by atoms with Crippen LogP contribution in [-0.2, 0) is 0 Å². The van der Waals surface area contributed by atoms with Crippen LogP contribution in [0.25, 0.3) is 0 Å². The molecule has 20 heavy (non-hydrogen) atoms. The number of fused-ring (bicyclic) bond motifs is 2. The number of anilines is 1. The van der Waals surface area contributed by atoms with Gasteiger partial charge in [0.1, 0.15) is 6.07 Å². The predicted octanol–water partition coefficient (Wildman–Crippen LogP) is 4.95. The van der Waals surface area contributed by atoms with Crippen molar-refractivity contribution in [2.24, 2.45) is 16.7 Å². The number of benzene rings is 1. The fourth-order valence-electron chi connectivity index (χ4n) is 4.58. The molecule has 0 spiro atoms. The van der Waals surface area contributed by atoms with Crippen LogP contribution in [0.2, 0.25) is 0 Å². The van der Waals surface area contributed by atoms with Crippen molar-refractivity contribution in [2.45, 2.75) is 46.1 Å². The quantitative estimate of drug-likeness (QED) is 0.831. The van der Waals surface area contributed by atoms with Crippen molar-refractivity contribution >= 4 is 21.6 Å². The van der Waals surface area contributed by atoms with E-state index in [0.29, 0.717) is 16.9 Å². The Morgan fingerprint density at radius 2 is 2.10 bits per heavy atom. The predicted molar refractivity (Wildman–Crippen MR) is 85.5 cm³/mol. The van der Waals surface area contributed by atoms with Gasteiger partial charge in [0, 0.05) is 10.5 Å². The molecule has 0 radical (unpaired) electrons. The van der Waals surface area contributed by atoms with Gasteiger partial charge >= 0.3 is 0 Å². The number of nitrogens with zero attached hydrogens (tertiary/aromatic N) is 1. The zero-order chi connectivity index (χ0) is 14.5. The van der Waals surface area contributed by atoms with Crippen LogP contribution in [0, 0.1) is 28.1 Å². The summed E-state index contributed by atoms with van der Waals surface area (Å²) in [6.45, 7) is 7.16. The summed E-state index contributed by atoms with van der Waals surface area (Å²) in [7, 11) is 0. The van der Waals surface area contributed by atoms with E-state index in [4.69, 9.17) is 0 Å². The molecule has 106 valence electrons. The van der Waals surface area contributed by atoms with Crippen molar-refractivity contribution in [3.8, 4) is 6.07 Å². The third-order valence-corrected chi connectivity index (χ3v) is 6.36. The Hall–Kier alpha value is -1.01. The van der Waals surface area contributed by atoms with Crippen LogP contribution in [0.4, 0.5) is 5.69 Å². The molecule has 3 heteroatoms. The molecule has 0 aromatic heterocycles. The zero-order valence-corrected chi connectivity index (χ0v) is 13.9. The summed E-state index contributed by atoms with van der Waals surface area (Å²) in [5.74, 6) is 0.808. The van der Waals surface area contributed by atoms with Crippen molar-refractivity contribution in [3.63, 3.8) is 0 Å². The number of rotatable bonds is 2. The maximum Gasteiger partial charge on any atom is 0.103 e. The summed E-state index contributed by atoms with van der Waals surface area (Å²) >= 11 is 3.48. The summed E-state index contributed by atoms with van der Waals surface area (Å²) in [6, 6.07) is 8.70. The minimum absolute atomic E-state index is 0.294. The second-order valence-corrected chi connectivity index (χ2v) is 8.12. The first-order chi connectivity index (χ1) is 9.38. The highest BCUT2D eigenvalue weighted by atomic mass is 79.9. The Labute approximate surface area is 129 Å². The standard InChI is InChI=1S/C17H21BrN2/c1-16(2)11-7-8-17(3,9-11)15(16)20-14-6-4-5-13(18)12(14)10-19/h4-6,11,15,20H,7-9H2,1-3H3. The molecule has 2 nitrogen and oxygen atoms in total. The Kier molecular flexibility index (Phi) is 3.14. The summed E-state index contributed by atoms with van der Waals surface area (Å²) in [4.78, 5) is 0. The molecule has 2 saturated carbocycles. The largest absolute Gasteiger partial charge is 0.380 e. The van der Waals surface area contributed by atoms with E-state index in [-0.39, 0.29) is 0 Å². The molecule has 2 fully saturated rings. The third kappa shape index (κ3) is 1.89. The highest BCUT2D eigenvalue weighted by molar-refractivity contribution is 9.10. The van der Waals surface area contributed by atoms with Gasteiger partial charge in [-0.15, -0.1) is 0 Å². The first-order valence-electron chi connectivity index (χ1n) is 7.33. The van der Waals surface area contributed by atoms with Crippen LogP contribution in [0.5, 0.6) is 0 Å². The van der Waals surface area contributed by atoms with E-state index in [9.17, 15) is 5.26 Å². The molecular weight excluding hydrogens is 312 g/mol. The number of hydrogen-bond donors (Lipinski definition) is 1. The molecule has 2 bridgehead atoms. The van der Waals surface area contributed by atoms with E-state index in [1.54, 1.807) is 0 Å². The third-order valence-electron chi connectivity index (χ3n) is 5.70. The monoisotopic (exact) mass is 332 g/mol. The normalized spacial score (nSPS) is 34.0. The number of halogens is 1. The molecule has 0 heterocycles. The average Bonchev–Trinajstić information content (AvgIpc) is 2.86. The highest BCUT2D eigenvalue weighted by Crippen LogP contribution is 2.63. The van der Waals surface area contributed by atoms with E-state index in [1.807, 2.05) is 18.2 Å². The molecule has 0 aliphatic heterocycles. The molecular formula is C17H21BrN2. The lowest BCUT2D eigenvalue weighted by Crippen LogP contribution is -2.45. The summed E-state index contributed by atoms with van der Waals surface area (Å²) in [5.41, 5.74) is 2.34. The molecule has 3 rings (SSSR count). The smallest absolute Gasteiger partial charge is 0.103 e. The molecule has 2 aliphatic carbocycles. The van der Waals surface area contributed by atoms with Crippen molar-refractivity contribution in [1.29, 1.82) is 5.26 Å². The number of hydrogen-bond acceptors (Lipinski definition) is 2. The van der Waals surface area contributed by atoms with Crippen molar-refractivity contribution in [1.82, 2.24) is 0 Å². The zero-order valence-electron chi connectivity index (χ0n) is 12.3. The van der Waals surface area contributed by atoms with Gasteiger partial charge in [-0.25, -0.2) is 0 Å². The minimum Gasteiger partial charge on any atom is -0.380 e. The Morgan fingerprint density at radius 3 is 2.70 bits per heavy atom. The molecule has 3 unspecified atom stereocenters. The first kappa shape index (κ1) is 13.9. The van der Waals surface area contributed by atoms with Gasteiger partial charge in [0.15, 0.2) is 0 Å². The Morgan fingerprint density at radius 1 is 1.35 bits per heavy atom. The SMILES string of the molecule is CC12CCC(C1)C(C)(C)C2Nc1cccc(Br)c1C#N. The van der Waals surface area contributed by atoms with Crippen LogP contribution < -0.4 is 5.32 Å². The van der Waals surface area contributed by atoms with Crippen molar-refractivity contribution in [2.75, 3.05) is 5.32 Å². The van der Waals surface area contributed by atoms with Gasteiger partial charge in [-0.2, -0.15) is 5.26 Å². The summed E-state index contributed by atoms with van der Waals surface area (Å²) in [6.07, 6.45) is 3.97. The van der Waals surface area contributed by atoms with E-state index >= 15 is 0 Å². The second kappa shape index (κ2) is 4.49. The minimum atomic E-state index is 0.294. The van der Waals surface area contributed by atoms with Gasteiger partial charge in [-0.1, -0.05) is 26.8 Å². The molecule has 3 atom stereocenters. The topological polar surface area (TPSA) is 35.8 Å². The Bertz CT molecular complexity index is 582. The van der Waals surface area contributed by atoms with Crippen LogP contribution in [-0.4, -0.2) is 6.04 Å². The van der Waals surface area contributed by atoms with Gasteiger partial charge in [0.25, 0.3) is 0 Å². The van der Waals surface area contributed by atoms with Gasteiger partial charge in [-0.05, 0) is 64.1 Å². The van der Waals surface area contributed by atoms with Crippen LogP contribution in [0.1, 0.15) is 45.6 Å². The van der Waals surface area contributed by atoms with Gasteiger partial charge in [-0.3, -0.25) is 0 Å². The fourth-order valence-corrected chi connectivity index (χ4v) is 5.03. The van der Waals surface area contributed by atoms with E-state index in [1.165, 1.54) is 19.3 Å². The summed E-state index contributed by atoms with van der Waals surface area (Å²) < 4.78 is 0.871. The van der Waals surface area contributed by atoms with E-state index in [0.717, 1.165) is 21.6 Å². The highest BCUT2D eigenvalue weighted by Gasteiger charge is 2.59. The Balaban J connectivity index is 1.96. The lowest BCUT2D eigenvalue weighted by molar-refractivity contribution is 0.155. The van der Waals surface area contributed by atoms with Gasteiger partial charge in [0.2, 0.25) is 0 Å². The maximum atomic E-state index is 9.38. The molecule has 0 saturated heterocycles. The fraction of sp³-hybridized carbons (Fsp3) is 0.588. The molecule has 1 N–H and O–H groups in total. The lowest BCUT2D eigenvalue weighted by Gasteiger charge is -2.43. The van der Waals surface area contributed by atoms with E-state index in [2.05, 4.69) is 48.1 Å².